The molecule has 2 rings (SSSR count). The maximum atomic E-state index is 4.36. The Hall–Kier alpha value is -1.70. The molecule has 0 saturated carbocycles. The SMILES string of the molecule is Cc1ccc(-c2c(C)ncc[n+]2C)c(C)c1. The Morgan fingerprint density at radius 2 is 1.88 bits per heavy atom. The van der Waals surface area contributed by atoms with E-state index in [9.17, 15) is 0 Å². The fourth-order valence-corrected chi connectivity index (χ4v) is 2.10. The molecular formula is C14H17N2+. The zero-order valence-electron chi connectivity index (χ0n) is 10.3. The Kier molecular flexibility index (Phi) is 2.73. The smallest absolute Gasteiger partial charge is 0.233 e. The third-order valence-electron chi connectivity index (χ3n) is 2.89. The zero-order valence-corrected chi connectivity index (χ0v) is 10.3. The first kappa shape index (κ1) is 10.8. The quantitative estimate of drug-likeness (QED) is 0.665. The molecule has 82 valence electrons. The highest BCUT2D eigenvalue weighted by Gasteiger charge is 2.15. The average molecular weight is 213 g/mol. The van der Waals surface area contributed by atoms with Gasteiger partial charge in [0.1, 0.15) is 12.7 Å². The fraction of sp³-hybridized carbons (Fsp3) is 0.286. The molecule has 0 amide bonds. The predicted molar refractivity (Wildman–Crippen MR) is 65.1 cm³/mol. The molecule has 0 aliphatic heterocycles. The topological polar surface area (TPSA) is 16.8 Å². The summed E-state index contributed by atoms with van der Waals surface area (Å²) < 4.78 is 2.12. The Balaban J connectivity index is 2.68. The molecule has 0 unspecified atom stereocenters. The molecule has 0 atom stereocenters. The summed E-state index contributed by atoms with van der Waals surface area (Å²) >= 11 is 0. The van der Waals surface area contributed by atoms with Crippen LogP contribution in [0.25, 0.3) is 11.3 Å². The van der Waals surface area contributed by atoms with Gasteiger partial charge in [-0.1, -0.05) is 17.7 Å². The highest BCUT2D eigenvalue weighted by molar-refractivity contribution is 5.63. The number of hydrogen-bond donors (Lipinski definition) is 0. The lowest BCUT2D eigenvalue weighted by atomic mass is 10.0. The van der Waals surface area contributed by atoms with Gasteiger partial charge in [0.2, 0.25) is 5.69 Å². The molecule has 2 aromatic rings. The van der Waals surface area contributed by atoms with Crippen molar-refractivity contribution < 1.29 is 4.57 Å². The van der Waals surface area contributed by atoms with E-state index in [1.54, 1.807) is 0 Å². The Bertz CT molecular complexity index is 510. The summed E-state index contributed by atoms with van der Waals surface area (Å²) in [5.74, 6) is 0. The number of aromatic nitrogens is 2. The Morgan fingerprint density at radius 3 is 2.50 bits per heavy atom. The minimum absolute atomic E-state index is 1.07. The molecule has 0 N–H and O–H groups in total. The Labute approximate surface area is 96.6 Å². The van der Waals surface area contributed by atoms with Crippen LogP contribution in [0.5, 0.6) is 0 Å². The molecule has 0 aliphatic carbocycles. The van der Waals surface area contributed by atoms with E-state index in [2.05, 4.69) is 55.6 Å². The molecule has 2 nitrogen and oxygen atoms in total. The van der Waals surface area contributed by atoms with Crippen molar-refractivity contribution in [3.05, 3.63) is 47.4 Å². The van der Waals surface area contributed by atoms with Crippen molar-refractivity contribution in [1.29, 1.82) is 0 Å². The number of hydrogen-bond acceptors (Lipinski definition) is 1. The van der Waals surface area contributed by atoms with E-state index >= 15 is 0 Å². The summed E-state index contributed by atoms with van der Waals surface area (Å²) in [5.41, 5.74) is 6.12. The standard InChI is InChI=1S/C14H17N2/c1-10-5-6-13(11(2)9-10)14-12(3)15-7-8-16(14)4/h5-9H,1-4H3/q+1. The fourth-order valence-electron chi connectivity index (χ4n) is 2.10. The lowest BCUT2D eigenvalue weighted by Crippen LogP contribution is -2.32. The molecular weight excluding hydrogens is 196 g/mol. The van der Waals surface area contributed by atoms with Gasteiger partial charge in [0.05, 0.1) is 11.8 Å². The first-order chi connectivity index (χ1) is 7.59. The second kappa shape index (κ2) is 4.05. The van der Waals surface area contributed by atoms with Gasteiger partial charge in [0.25, 0.3) is 0 Å². The molecule has 1 heterocycles. The van der Waals surface area contributed by atoms with Crippen LogP contribution < -0.4 is 4.57 Å². The maximum absolute atomic E-state index is 4.36. The van der Waals surface area contributed by atoms with Crippen molar-refractivity contribution in [1.82, 2.24) is 4.98 Å². The number of benzene rings is 1. The van der Waals surface area contributed by atoms with E-state index in [4.69, 9.17) is 0 Å². The first-order valence-corrected chi connectivity index (χ1v) is 5.48. The normalized spacial score (nSPS) is 10.5. The van der Waals surface area contributed by atoms with Gasteiger partial charge in [-0.15, -0.1) is 0 Å². The van der Waals surface area contributed by atoms with E-state index in [-0.39, 0.29) is 0 Å². The van der Waals surface area contributed by atoms with Gasteiger partial charge in [0, 0.05) is 0 Å². The third kappa shape index (κ3) is 1.83. The molecule has 0 saturated heterocycles. The van der Waals surface area contributed by atoms with Crippen molar-refractivity contribution in [3.8, 4) is 11.3 Å². The number of rotatable bonds is 1. The van der Waals surface area contributed by atoms with Crippen molar-refractivity contribution in [2.75, 3.05) is 0 Å². The summed E-state index contributed by atoms with van der Waals surface area (Å²) in [6.45, 7) is 6.32. The summed E-state index contributed by atoms with van der Waals surface area (Å²) in [4.78, 5) is 4.36. The molecule has 0 fully saturated rings. The highest BCUT2D eigenvalue weighted by atomic mass is 15.0. The second-order valence-electron chi connectivity index (χ2n) is 4.29. The predicted octanol–water partition coefficient (Wildman–Crippen LogP) is 2.50. The van der Waals surface area contributed by atoms with Gasteiger partial charge in [-0.05, 0) is 32.4 Å². The van der Waals surface area contributed by atoms with E-state index in [1.807, 2.05) is 12.4 Å². The van der Waals surface area contributed by atoms with Crippen molar-refractivity contribution in [3.63, 3.8) is 0 Å². The van der Waals surface area contributed by atoms with Crippen LogP contribution >= 0.6 is 0 Å². The molecule has 2 heteroatoms. The molecule has 0 aliphatic rings. The minimum atomic E-state index is 1.07. The molecule has 1 aromatic heterocycles. The molecule has 1 aromatic carbocycles. The summed E-state index contributed by atoms with van der Waals surface area (Å²) in [7, 11) is 2.06. The Morgan fingerprint density at radius 1 is 1.12 bits per heavy atom. The lowest BCUT2D eigenvalue weighted by molar-refractivity contribution is -0.661. The molecule has 0 bridgehead atoms. The van der Waals surface area contributed by atoms with Crippen LogP contribution in [-0.4, -0.2) is 4.98 Å². The first-order valence-electron chi connectivity index (χ1n) is 5.48. The second-order valence-corrected chi connectivity index (χ2v) is 4.29. The van der Waals surface area contributed by atoms with Crippen LogP contribution in [-0.2, 0) is 7.05 Å². The maximum Gasteiger partial charge on any atom is 0.233 e. The van der Waals surface area contributed by atoms with Crippen LogP contribution in [0.1, 0.15) is 16.8 Å². The van der Waals surface area contributed by atoms with Gasteiger partial charge < -0.3 is 0 Å². The summed E-state index contributed by atoms with van der Waals surface area (Å²) in [6, 6.07) is 6.53. The van der Waals surface area contributed by atoms with Crippen LogP contribution in [0, 0.1) is 20.8 Å². The monoisotopic (exact) mass is 213 g/mol. The van der Waals surface area contributed by atoms with Crippen molar-refractivity contribution >= 4 is 0 Å². The van der Waals surface area contributed by atoms with Crippen molar-refractivity contribution in [2.45, 2.75) is 20.8 Å². The van der Waals surface area contributed by atoms with Gasteiger partial charge in [-0.25, -0.2) is 4.98 Å². The van der Waals surface area contributed by atoms with Gasteiger partial charge in [0.15, 0.2) is 6.20 Å². The zero-order chi connectivity index (χ0) is 11.7. The summed E-state index contributed by atoms with van der Waals surface area (Å²) in [5, 5.41) is 0. The largest absolute Gasteiger partial charge is 0.248 e. The van der Waals surface area contributed by atoms with Crippen LogP contribution in [0.4, 0.5) is 0 Å². The van der Waals surface area contributed by atoms with E-state index in [0.29, 0.717) is 0 Å². The van der Waals surface area contributed by atoms with E-state index in [0.717, 1.165) is 5.69 Å². The lowest BCUT2D eigenvalue weighted by Gasteiger charge is -2.06. The van der Waals surface area contributed by atoms with Crippen LogP contribution in [0.2, 0.25) is 0 Å². The average Bonchev–Trinajstić information content (AvgIpc) is 2.20. The van der Waals surface area contributed by atoms with Gasteiger partial charge in [-0.2, -0.15) is 4.57 Å². The molecule has 0 spiro atoms. The summed E-state index contributed by atoms with van der Waals surface area (Å²) in [6.07, 6.45) is 3.82. The number of aryl methyl sites for hydroxylation is 4. The minimum Gasteiger partial charge on any atom is -0.248 e. The van der Waals surface area contributed by atoms with Crippen LogP contribution in [0.15, 0.2) is 30.6 Å². The molecule has 16 heavy (non-hydrogen) atoms. The van der Waals surface area contributed by atoms with E-state index < -0.39 is 0 Å². The van der Waals surface area contributed by atoms with Crippen molar-refractivity contribution in [2.24, 2.45) is 7.05 Å². The molecule has 0 radical (unpaired) electrons. The highest BCUT2D eigenvalue weighted by Crippen LogP contribution is 2.22. The van der Waals surface area contributed by atoms with Crippen LogP contribution in [0.3, 0.4) is 0 Å². The number of nitrogens with zero attached hydrogens (tertiary/aromatic N) is 2. The van der Waals surface area contributed by atoms with E-state index in [1.165, 1.54) is 22.4 Å². The van der Waals surface area contributed by atoms with Gasteiger partial charge >= 0.3 is 0 Å². The third-order valence-corrected chi connectivity index (χ3v) is 2.89. The van der Waals surface area contributed by atoms with Gasteiger partial charge in [-0.3, -0.25) is 0 Å².